The Morgan fingerprint density at radius 1 is 1.37 bits per heavy atom. The number of amides is 1. The van der Waals surface area contributed by atoms with Crippen molar-refractivity contribution in [1.82, 2.24) is 9.97 Å². The topological polar surface area (TPSA) is 133 Å². The summed E-state index contributed by atoms with van der Waals surface area (Å²) in [5.74, 6) is 1.02. The minimum atomic E-state index is -0.557. The van der Waals surface area contributed by atoms with Crippen molar-refractivity contribution in [3.05, 3.63) is 30.0 Å². The average Bonchev–Trinajstić information content (AvgIpc) is 3.56. The number of nitrogens with two attached hydrogens (primary N) is 1. The van der Waals surface area contributed by atoms with Crippen LogP contribution in [0.3, 0.4) is 0 Å². The number of hydrogen-bond donors (Lipinski definition) is 4. The van der Waals surface area contributed by atoms with E-state index in [1.807, 2.05) is 18.2 Å². The molecule has 1 aliphatic carbocycles. The van der Waals surface area contributed by atoms with E-state index in [4.69, 9.17) is 19.9 Å². The molecule has 0 saturated heterocycles. The molecule has 10 nitrogen and oxygen atoms in total. The van der Waals surface area contributed by atoms with Crippen molar-refractivity contribution in [1.29, 1.82) is 0 Å². The monoisotopic (exact) mass is 414 g/mol. The number of carbonyl (C=O) groups is 1. The predicted octanol–water partition coefficient (Wildman–Crippen LogP) is 1.73. The maximum absolute atomic E-state index is 11.6. The van der Waals surface area contributed by atoms with Crippen LogP contribution in [0.15, 0.2) is 24.4 Å². The third-order valence-corrected chi connectivity index (χ3v) is 4.79. The largest absolute Gasteiger partial charge is 0.489 e. The van der Waals surface area contributed by atoms with Gasteiger partial charge >= 0.3 is 0 Å². The van der Waals surface area contributed by atoms with Crippen LogP contribution in [0.2, 0.25) is 0 Å². The van der Waals surface area contributed by atoms with Crippen LogP contribution in [0, 0.1) is 0 Å². The van der Waals surface area contributed by atoms with Gasteiger partial charge in [-0.1, -0.05) is 0 Å². The Hall–Kier alpha value is -3.11. The van der Waals surface area contributed by atoms with Gasteiger partial charge in [-0.05, 0) is 31.0 Å². The molecule has 5 N–H and O–H groups in total. The molecule has 10 heteroatoms. The molecule has 1 aliphatic heterocycles. The van der Waals surface area contributed by atoms with Crippen LogP contribution >= 0.6 is 0 Å². The molecule has 1 aromatic carbocycles. The summed E-state index contributed by atoms with van der Waals surface area (Å²) in [6, 6.07) is 6.01. The molecule has 2 aromatic rings. The van der Waals surface area contributed by atoms with E-state index in [9.17, 15) is 4.79 Å². The zero-order valence-corrected chi connectivity index (χ0v) is 16.8. The van der Waals surface area contributed by atoms with Gasteiger partial charge in [0.25, 0.3) is 5.91 Å². The van der Waals surface area contributed by atoms with E-state index < -0.39 is 5.91 Å². The van der Waals surface area contributed by atoms with E-state index in [1.54, 1.807) is 7.11 Å². The van der Waals surface area contributed by atoms with Crippen LogP contribution in [-0.2, 0) is 9.47 Å². The van der Waals surface area contributed by atoms with E-state index in [2.05, 4.69) is 25.9 Å². The lowest BCUT2D eigenvalue weighted by Crippen LogP contribution is -2.28. The van der Waals surface area contributed by atoms with Crippen molar-refractivity contribution in [2.24, 2.45) is 5.73 Å². The fourth-order valence-electron chi connectivity index (χ4n) is 3.02. The fourth-order valence-corrected chi connectivity index (χ4v) is 3.02. The Labute approximate surface area is 174 Å². The van der Waals surface area contributed by atoms with Crippen LogP contribution in [0.25, 0.3) is 0 Å². The Kier molecular flexibility index (Phi) is 6.15. The number of nitrogens with one attached hydrogen (secondary N) is 3. The van der Waals surface area contributed by atoms with Crippen LogP contribution in [0.4, 0.5) is 23.1 Å². The zero-order chi connectivity index (χ0) is 20.9. The Bertz CT molecular complexity index is 905. The van der Waals surface area contributed by atoms with Crippen molar-refractivity contribution in [3.8, 4) is 5.75 Å². The summed E-state index contributed by atoms with van der Waals surface area (Å²) < 4.78 is 16.6. The van der Waals surface area contributed by atoms with Gasteiger partial charge in [-0.3, -0.25) is 4.79 Å². The third-order valence-electron chi connectivity index (χ3n) is 4.79. The van der Waals surface area contributed by atoms with Gasteiger partial charge in [0.2, 0.25) is 5.95 Å². The standard InChI is InChI=1S/C20H26N6O4/c1-28-6-7-29-14-9-22-16-8-13(4-5-17(16)30-11-14)25-20-23-10-15(18(21)27)19(26-20)24-12-2-3-12/h4-5,8,10,12,14,22H,2-3,6-7,9,11H2,1H3,(H2,21,27)(H2,23,24,25,26)/t14-/m0/s1. The molecule has 1 atom stereocenters. The Balaban J connectivity index is 1.44. The quantitative estimate of drug-likeness (QED) is 0.453. The first-order valence-corrected chi connectivity index (χ1v) is 9.94. The van der Waals surface area contributed by atoms with E-state index in [-0.39, 0.29) is 11.7 Å². The minimum absolute atomic E-state index is 0.0651. The van der Waals surface area contributed by atoms with Gasteiger partial charge in [-0.15, -0.1) is 0 Å². The van der Waals surface area contributed by atoms with E-state index in [1.165, 1.54) is 6.20 Å². The summed E-state index contributed by atoms with van der Waals surface area (Å²) >= 11 is 0. The first-order valence-electron chi connectivity index (χ1n) is 9.94. The van der Waals surface area contributed by atoms with Gasteiger partial charge in [-0.2, -0.15) is 4.98 Å². The lowest BCUT2D eigenvalue weighted by Gasteiger charge is -2.14. The third kappa shape index (κ3) is 5.08. The maximum Gasteiger partial charge on any atom is 0.254 e. The molecule has 30 heavy (non-hydrogen) atoms. The molecular formula is C20H26N6O4. The van der Waals surface area contributed by atoms with Crippen LogP contribution in [0.5, 0.6) is 5.75 Å². The lowest BCUT2D eigenvalue weighted by molar-refractivity contribution is 0.00342. The second-order valence-electron chi connectivity index (χ2n) is 7.25. The van der Waals surface area contributed by atoms with Gasteiger partial charge in [0, 0.05) is 31.6 Å². The number of hydrogen-bond acceptors (Lipinski definition) is 9. The number of primary amides is 1. The number of anilines is 4. The zero-order valence-electron chi connectivity index (χ0n) is 16.8. The van der Waals surface area contributed by atoms with Crippen LogP contribution in [0.1, 0.15) is 23.2 Å². The lowest BCUT2D eigenvalue weighted by atomic mass is 10.2. The normalized spacial score (nSPS) is 17.8. The van der Waals surface area contributed by atoms with Gasteiger partial charge in [-0.25, -0.2) is 4.98 Å². The molecule has 0 radical (unpaired) electrons. The summed E-state index contributed by atoms with van der Waals surface area (Å²) in [6.07, 6.45) is 3.48. The number of nitrogens with zero attached hydrogens (tertiary/aromatic N) is 2. The van der Waals surface area contributed by atoms with Crippen molar-refractivity contribution in [2.75, 3.05) is 49.4 Å². The molecule has 1 saturated carbocycles. The van der Waals surface area contributed by atoms with Crippen molar-refractivity contribution < 1.29 is 19.0 Å². The highest BCUT2D eigenvalue weighted by atomic mass is 16.5. The number of benzene rings is 1. The first kappa shape index (κ1) is 20.2. The number of rotatable bonds is 9. The molecule has 0 unspecified atom stereocenters. The highest BCUT2D eigenvalue weighted by Gasteiger charge is 2.24. The van der Waals surface area contributed by atoms with E-state index >= 15 is 0 Å². The van der Waals surface area contributed by atoms with Crippen molar-refractivity contribution in [3.63, 3.8) is 0 Å². The maximum atomic E-state index is 11.6. The predicted molar refractivity (Wildman–Crippen MR) is 113 cm³/mol. The number of methoxy groups -OCH3 is 1. The number of carbonyl (C=O) groups excluding carboxylic acids is 1. The first-order chi connectivity index (χ1) is 14.6. The summed E-state index contributed by atoms with van der Waals surface area (Å²) in [5.41, 5.74) is 7.35. The highest BCUT2D eigenvalue weighted by molar-refractivity contribution is 5.97. The molecule has 1 aromatic heterocycles. The van der Waals surface area contributed by atoms with Crippen molar-refractivity contribution >= 4 is 29.0 Å². The summed E-state index contributed by atoms with van der Waals surface area (Å²) in [4.78, 5) is 20.3. The number of ether oxygens (including phenoxy) is 3. The molecule has 1 amide bonds. The second kappa shape index (κ2) is 9.14. The minimum Gasteiger partial charge on any atom is -0.489 e. The molecule has 0 spiro atoms. The van der Waals surface area contributed by atoms with Gasteiger partial charge in [0.05, 0.1) is 24.5 Å². The SMILES string of the molecule is COCCO[C@H]1CNc2cc(Nc3ncc(C(N)=O)c(NC4CC4)n3)ccc2OC1. The Morgan fingerprint density at radius 2 is 2.23 bits per heavy atom. The van der Waals surface area contributed by atoms with Crippen LogP contribution < -0.4 is 26.4 Å². The molecule has 160 valence electrons. The number of aromatic nitrogens is 2. The Morgan fingerprint density at radius 3 is 3.00 bits per heavy atom. The fraction of sp³-hybridized carbons (Fsp3) is 0.450. The average molecular weight is 414 g/mol. The molecule has 2 heterocycles. The van der Waals surface area contributed by atoms with Gasteiger partial charge < -0.3 is 35.9 Å². The van der Waals surface area contributed by atoms with Crippen molar-refractivity contribution in [2.45, 2.75) is 25.0 Å². The molecule has 1 fully saturated rings. The molecule has 0 bridgehead atoms. The second-order valence-corrected chi connectivity index (χ2v) is 7.25. The molecule has 4 rings (SSSR count). The molecule has 2 aliphatic rings. The molecular weight excluding hydrogens is 388 g/mol. The summed E-state index contributed by atoms with van der Waals surface area (Å²) in [7, 11) is 1.64. The van der Waals surface area contributed by atoms with Gasteiger partial charge in [0.15, 0.2) is 0 Å². The summed E-state index contributed by atoms with van der Waals surface area (Å²) in [6.45, 7) is 2.15. The summed E-state index contributed by atoms with van der Waals surface area (Å²) in [5, 5.41) is 9.75. The van der Waals surface area contributed by atoms with E-state index in [0.717, 1.165) is 30.0 Å². The van der Waals surface area contributed by atoms with Crippen LogP contribution in [-0.4, -0.2) is 61.5 Å². The highest BCUT2D eigenvalue weighted by Crippen LogP contribution is 2.31. The van der Waals surface area contributed by atoms with Gasteiger partial charge in [0.1, 0.15) is 24.3 Å². The van der Waals surface area contributed by atoms with E-state index in [0.29, 0.717) is 44.2 Å². The number of fused-ring (bicyclic) bond motifs is 1. The smallest absolute Gasteiger partial charge is 0.254 e.